The highest BCUT2D eigenvalue weighted by Crippen LogP contribution is 2.32. The Morgan fingerprint density at radius 2 is 1.84 bits per heavy atom. The second kappa shape index (κ2) is 5.91. The molecule has 0 atom stereocenters. The Kier molecular flexibility index (Phi) is 4.46. The summed E-state index contributed by atoms with van der Waals surface area (Å²) in [4.78, 5) is 0. The van der Waals surface area contributed by atoms with Crippen molar-refractivity contribution in [3.8, 4) is 11.1 Å². The zero-order valence-electron chi connectivity index (χ0n) is 10.7. The van der Waals surface area contributed by atoms with E-state index in [1.54, 1.807) is 13.0 Å². The summed E-state index contributed by atoms with van der Waals surface area (Å²) in [6.07, 6.45) is 0. The standard InChI is InChI=1S/C15H14Cl2FN/c1-9-5-12(14(17)7-15(9)18)10-3-4-11(8-19-2)13(16)6-10/h3-7,19H,8H2,1-2H3. The van der Waals surface area contributed by atoms with Crippen LogP contribution < -0.4 is 5.32 Å². The predicted octanol–water partition coefficient (Wildman–Crippen LogP) is 4.83. The molecule has 1 N–H and O–H groups in total. The summed E-state index contributed by atoms with van der Waals surface area (Å²) in [5.41, 5.74) is 3.26. The Bertz CT molecular complexity index is 611. The predicted molar refractivity (Wildman–Crippen MR) is 79.4 cm³/mol. The van der Waals surface area contributed by atoms with Crippen molar-refractivity contribution in [1.29, 1.82) is 0 Å². The fourth-order valence-electron chi connectivity index (χ4n) is 1.93. The molecule has 0 spiro atoms. The van der Waals surface area contributed by atoms with E-state index < -0.39 is 0 Å². The zero-order chi connectivity index (χ0) is 14.0. The summed E-state index contributed by atoms with van der Waals surface area (Å²) >= 11 is 12.3. The van der Waals surface area contributed by atoms with Gasteiger partial charge in [-0.2, -0.15) is 0 Å². The number of halogens is 3. The van der Waals surface area contributed by atoms with E-state index >= 15 is 0 Å². The van der Waals surface area contributed by atoms with Gasteiger partial charge in [0.1, 0.15) is 5.82 Å². The lowest BCUT2D eigenvalue weighted by Gasteiger charge is -2.10. The maximum Gasteiger partial charge on any atom is 0.127 e. The van der Waals surface area contributed by atoms with Gasteiger partial charge in [-0.15, -0.1) is 0 Å². The molecular weight excluding hydrogens is 284 g/mol. The molecule has 0 aromatic heterocycles. The molecule has 2 aromatic carbocycles. The molecule has 0 bridgehead atoms. The quantitative estimate of drug-likeness (QED) is 0.856. The van der Waals surface area contributed by atoms with E-state index in [1.165, 1.54) is 6.07 Å². The first-order chi connectivity index (χ1) is 9.02. The van der Waals surface area contributed by atoms with E-state index in [4.69, 9.17) is 23.2 Å². The molecular formula is C15H14Cl2FN. The minimum absolute atomic E-state index is 0.299. The van der Waals surface area contributed by atoms with Gasteiger partial charge in [-0.25, -0.2) is 4.39 Å². The number of hydrogen-bond acceptors (Lipinski definition) is 1. The minimum Gasteiger partial charge on any atom is -0.316 e. The first-order valence-electron chi connectivity index (χ1n) is 5.92. The highest BCUT2D eigenvalue weighted by Gasteiger charge is 2.09. The van der Waals surface area contributed by atoms with Crippen molar-refractivity contribution in [3.63, 3.8) is 0 Å². The van der Waals surface area contributed by atoms with Gasteiger partial charge < -0.3 is 5.32 Å². The normalized spacial score (nSPS) is 10.8. The molecule has 0 aliphatic carbocycles. The number of aryl methyl sites for hydroxylation is 1. The van der Waals surface area contributed by atoms with Gasteiger partial charge in [-0.3, -0.25) is 0 Å². The van der Waals surface area contributed by atoms with Gasteiger partial charge >= 0.3 is 0 Å². The molecule has 0 aliphatic heterocycles. The maximum absolute atomic E-state index is 13.4. The molecule has 19 heavy (non-hydrogen) atoms. The van der Waals surface area contributed by atoms with Crippen LogP contribution in [0.1, 0.15) is 11.1 Å². The summed E-state index contributed by atoms with van der Waals surface area (Å²) in [5.74, 6) is -0.299. The lowest BCUT2D eigenvalue weighted by atomic mass is 10.0. The van der Waals surface area contributed by atoms with Crippen LogP contribution in [-0.2, 0) is 6.54 Å². The van der Waals surface area contributed by atoms with Gasteiger partial charge in [0.05, 0.1) is 5.02 Å². The molecule has 0 radical (unpaired) electrons. The van der Waals surface area contributed by atoms with Gasteiger partial charge in [0, 0.05) is 17.1 Å². The van der Waals surface area contributed by atoms with Crippen molar-refractivity contribution >= 4 is 23.2 Å². The number of rotatable bonds is 3. The van der Waals surface area contributed by atoms with Gasteiger partial charge in [0.2, 0.25) is 0 Å². The summed E-state index contributed by atoms with van der Waals surface area (Å²) in [7, 11) is 1.87. The smallest absolute Gasteiger partial charge is 0.127 e. The van der Waals surface area contributed by atoms with E-state index in [9.17, 15) is 4.39 Å². The highest BCUT2D eigenvalue weighted by atomic mass is 35.5. The Balaban J connectivity index is 2.48. The van der Waals surface area contributed by atoms with E-state index in [0.717, 1.165) is 16.7 Å². The summed E-state index contributed by atoms with van der Waals surface area (Å²) < 4.78 is 13.4. The fraction of sp³-hybridized carbons (Fsp3) is 0.200. The first-order valence-corrected chi connectivity index (χ1v) is 6.67. The van der Waals surface area contributed by atoms with Gasteiger partial charge in [0.15, 0.2) is 0 Å². The average Bonchev–Trinajstić information content (AvgIpc) is 2.36. The summed E-state index contributed by atoms with van der Waals surface area (Å²) in [6, 6.07) is 8.82. The van der Waals surface area contributed by atoms with Gasteiger partial charge in [0.25, 0.3) is 0 Å². The Morgan fingerprint density at radius 1 is 1.11 bits per heavy atom. The molecule has 0 heterocycles. The number of nitrogens with one attached hydrogen (secondary N) is 1. The van der Waals surface area contributed by atoms with E-state index in [2.05, 4.69) is 5.32 Å². The molecule has 100 valence electrons. The largest absolute Gasteiger partial charge is 0.316 e. The Labute approximate surface area is 122 Å². The average molecular weight is 298 g/mol. The monoisotopic (exact) mass is 297 g/mol. The number of hydrogen-bond donors (Lipinski definition) is 1. The molecule has 0 aliphatic rings. The Hall–Kier alpha value is -1.09. The zero-order valence-corrected chi connectivity index (χ0v) is 12.2. The SMILES string of the molecule is CNCc1ccc(-c2cc(C)c(F)cc2Cl)cc1Cl. The van der Waals surface area contributed by atoms with Crippen molar-refractivity contribution in [2.75, 3.05) is 7.05 Å². The topological polar surface area (TPSA) is 12.0 Å². The van der Waals surface area contributed by atoms with E-state index in [0.29, 0.717) is 22.2 Å². The molecule has 4 heteroatoms. The van der Waals surface area contributed by atoms with Crippen LogP contribution >= 0.6 is 23.2 Å². The molecule has 0 amide bonds. The van der Waals surface area contributed by atoms with Crippen molar-refractivity contribution in [2.45, 2.75) is 13.5 Å². The Morgan fingerprint density at radius 3 is 2.47 bits per heavy atom. The number of benzene rings is 2. The second-order valence-corrected chi connectivity index (χ2v) is 5.23. The van der Waals surface area contributed by atoms with Crippen molar-refractivity contribution < 1.29 is 4.39 Å². The van der Waals surface area contributed by atoms with E-state index in [1.807, 2.05) is 25.2 Å². The molecule has 0 saturated carbocycles. The van der Waals surface area contributed by atoms with Crippen LogP contribution in [0, 0.1) is 12.7 Å². The highest BCUT2D eigenvalue weighted by molar-refractivity contribution is 6.34. The second-order valence-electron chi connectivity index (χ2n) is 4.42. The van der Waals surface area contributed by atoms with Crippen LogP contribution in [0.4, 0.5) is 4.39 Å². The summed E-state index contributed by atoms with van der Waals surface area (Å²) in [5, 5.41) is 4.11. The maximum atomic E-state index is 13.4. The van der Waals surface area contributed by atoms with Gasteiger partial charge in [-0.1, -0.05) is 35.3 Å². The lowest BCUT2D eigenvalue weighted by molar-refractivity contribution is 0.619. The minimum atomic E-state index is -0.299. The van der Waals surface area contributed by atoms with Crippen LogP contribution in [-0.4, -0.2) is 7.05 Å². The van der Waals surface area contributed by atoms with Crippen molar-refractivity contribution in [1.82, 2.24) is 5.32 Å². The lowest BCUT2D eigenvalue weighted by Crippen LogP contribution is -2.05. The molecule has 0 saturated heterocycles. The molecule has 1 nitrogen and oxygen atoms in total. The first kappa shape index (κ1) is 14.3. The third-order valence-electron chi connectivity index (χ3n) is 2.98. The third kappa shape index (κ3) is 3.08. The van der Waals surface area contributed by atoms with Crippen LogP contribution in [0.2, 0.25) is 10.0 Å². The van der Waals surface area contributed by atoms with Crippen LogP contribution in [0.5, 0.6) is 0 Å². The van der Waals surface area contributed by atoms with Crippen LogP contribution in [0.15, 0.2) is 30.3 Å². The van der Waals surface area contributed by atoms with E-state index in [-0.39, 0.29) is 5.82 Å². The third-order valence-corrected chi connectivity index (χ3v) is 3.64. The van der Waals surface area contributed by atoms with Crippen molar-refractivity contribution in [3.05, 3.63) is 57.3 Å². The molecule has 2 rings (SSSR count). The van der Waals surface area contributed by atoms with Gasteiger partial charge in [-0.05, 0) is 48.9 Å². The molecule has 0 fully saturated rings. The van der Waals surface area contributed by atoms with Crippen molar-refractivity contribution in [2.24, 2.45) is 0 Å². The molecule has 2 aromatic rings. The molecule has 0 unspecified atom stereocenters. The van der Waals surface area contributed by atoms with Crippen LogP contribution in [0.25, 0.3) is 11.1 Å². The summed E-state index contributed by atoms with van der Waals surface area (Å²) in [6.45, 7) is 2.42. The fourth-order valence-corrected chi connectivity index (χ4v) is 2.43. The van der Waals surface area contributed by atoms with Crippen LogP contribution in [0.3, 0.4) is 0 Å².